The van der Waals surface area contributed by atoms with E-state index >= 15 is 9.59 Å². The molecule has 5 aliphatic heterocycles. The van der Waals surface area contributed by atoms with Gasteiger partial charge in [-0.25, -0.2) is 4.79 Å². The molecule has 9 rings (SSSR count). The van der Waals surface area contributed by atoms with Gasteiger partial charge in [0.05, 0.1) is 37.4 Å². The number of morpholine rings is 1. The first-order valence-electron chi connectivity index (χ1n) is 22.9. The maximum absolute atomic E-state index is 16.4. The Morgan fingerprint density at radius 1 is 0.919 bits per heavy atom. The SMILES string of the molecule is COC(=O)/C(C)=C\CC12OC(C)(C)C3CC(C1=O)C(N1CCOCC1)C1C(=O)c4c(OCCN5CCN(C)CC5)c5c(c(CC=C(C)C)c4OC132)OC(C)(CCC=C(C)C)C=C5. The van der Waals surface area contributed by atoms with Crippen molar-refractivity contribution in [1.82, 2.24) is 14.7 Å². The van der Waals surface area contributed by atoms with Gasteiger partial charge in [0.25, 0.3) is 0 Å². The van der Waals surface area contributed by atoms with Crippen LogP contribution in [-0.4, -0.2) is 140 Å². The van der Waals surface area contributed by atoms with Crippen LogP contribution in [0.5, 0.6) is 17.2 Å². The normalized spacial score (nSPS) is 32.6. The molecule has 1 spiro atoms. The van der Waals surface area contributed by atoms with Gasteiger partial charge in [0.15, 0.2) is 22.8 Å². The molecule has 3 aliphatic carbocycles. The molecule has 62 heavy (non-hydrogen) atoms. The molecule has 7 atom stereocenters. The summed E-state index contributed by atoms with van der Waals surface area (Å²) >= 11 is 0. The average Bonchev–Trinajstić information content (AvgIpc) is 3.38. The number of likely N-dealkylation sites (N-methyl/N-ethyl adjacent to an activating group) is 1. The van der Waals surface area contributed by atoms with E-state index in [0.717, 1.165) is 55.7 Å². The van der Waals surface area contributed by atoms with Gasteiger partial charge in [-0.15, -0.1) is 0 Å². The van der Waals surface area contributed by atoms with Crippen molar-refractivity contribution in [3.8, 4) is 17.2 Å². The van der Waals surface area contributed by atoms with Gasteiger partial charge >= 0.3 is 5.97 Å². The zero-order valence-electron chi connectivity index (χ0n) is 38.8. The number of ether oxygens (including phenoxy) is 6. The molecule has 12 nitrogen and oxygen atoms in total. The molecule has 1 aromatic carbocycles. The molecule has 0 aromatic heterocycles. The van der Waals surface area contributed by atoms with Gasteiger partial charge in [-0.3, -0.25) is 19.4 Å². The molecule has 3 saturated carbocycles. The van der Waals surface area contributed by atoms with Gasteiger partial charge in [0.2, 0.25) is 0 Å². The molecule has 1 aromatic rings. The minimum Gasteiger partial charge on any atom is -0.491 e. The number of nitrogens with zero attached hydrogens (tertiary/aromatic N) is 3. The van der Waals surface area contributed by atoms with Crippen LogP contribution >= 0.6 is 0 Å². The number of hydrogen-bond acceptors (Lipinski definition) is 12. The summed E-state index contributed by atoms with van der Waals surface area (Å²) < 4.78 is 40.2. The number of fused-ring (bicyclic) bond motifs is 2. The number of carbonyl (C=O) groups is 3. The van der Waals surface area contributed by atoms with Crippen LogP contribution in [0, 0.1) is 17.8 Å². The zero-order valence-corrected chi connectivity index (χ0v) is 38.8. The Kier molecular flexibility index (Phi) is 12.2. The number of piperazine rings is 1. The van der Waals surface area contributed by atoms with Gasteiger partial charge in [0.1, 0.15) is 35.0 Å². The minimum absolute atomic E-state index is 0.0580. The first-order valence-corrected chi connectivity index (χ1v) is 22.9. The topological polar surface area (TPSA) is 116 Å². The predicted octanol–water partition coefficient (Wildman–Crippen LogP) is 6.64. The number of carbonyl (C=O) groups excluding carboxylic acids is 3. The molecule has 338 valence electrons. The third kappa shape index (κ3) is 7.49. The van der Waals surface area contributed by atoms with Gasteiger partial charge in [-0.1, -0.05) is 29.4 Å². The van der Waals surface area contributed by atoms with Gasteiger partial charge in [0, 0.05) is 81.2 Å². The Morgan fingerprint density at radius 3 is 2.31 bits per heavy atom. The average molecular weight is 856 g/mol. The van der Waals surface area contributed by atoms with Crippen LogP contribution < -0.4 is 14.2 Å². The molecule has 7 unspecified atom stereocenters. The standard InChI is InChI=1S/C50H69N3O9/c1-31(2)12-11-17-48(8)18-16-35-42(60-48)34(14-13-32(3)4)44-38(43(35)59-29-24-52-22-20-51(9)21-23-52)41(54)39-40(53-25-27-58-28-26-53)36-30-37-47(6,7)62-49(45(36)55,50(37,39)61-44)19-15-33(5)46(56)57-10/h12-13,15-16,18,36-37,39-40H,11,14,17,19-30H2,1-10H3/b33-15-. The van der Waals surface area contributed by atoms with Crippen LogP contribution in [0.25, 0.3) is 6.08 Å². The lowest BCUT2D eigenvalue weighted by Crippen LogP contribution is -2.82. The molecule has 12 heteroatoms. The van der Waals surface area contributed by atoms with Crippen molar-refractivity contribution in [2.24, 2.45) is 17.8 Å². The summed E-state index contributed by atoms with van der Waals surface area (Å²) in [5.41, 5.74) is 0.189. The second kappa shape index (κ2) is 17.0. The third-order valence-electron chi connectivity index (χ3n) is 14.9. The largest absolute Gasteiger partial charge is 0.491 e. The highest BCUT2D eigenvalue weighted by molar-refractivity contribution is 6.10. The number of ketones is 2. The van der Waals surface area contributed by atoms with E-state index in [9.17, 15) is 4.79 Å². The zero-order chi connectivity index (χ0) is 44.4. The first-order chi connectivity index (χ1) is 29.5. The van der Waals surface area contributed by atoms with E-state index in [0.29, 0.717) is 80.7 Å². The number of allylic oxidation sites excluding steroid dienone is 4. The van der Waals surface area contributed by atoms with Crippen molar-refractivity contribution in [2.75, 3.05) is 79.8 Å². The van der Waals surface area contributed by atoms with E-state index in [2.05, 4.69) is 80.7 Å². The monoisotopic (exact) mass is 856 g/mol. The Bertz CT molecular complexity index is 2080. The summed E-state index contributed by atoms with van der Waals surface area (Å²) in [6.07, 6.45) is 12.9. The molecule has 0 radical (unpaired) electrons. The summed E-state index contributed by atoms with van der Waals surface area (Å²) in [5.74, 6) is -0.719. The van der Waals surface area contributed by atoms with Crippen molar-refractivity contribution < 1.29 is 42.8 Å². The van der Waals surface area contributed by atoms with Crippen LogP contribution in [0.3, 0.4) is 0 Å². The van der Waals surface area contributed by atoms with Crippen LogP contribution in [-0.2, 0) is 30.2 Å². The van der Waals surface area contributed by atoms with Crippen LogP contribution in [0.1, 0.15) is 103 Å². The highest BCUT2D eigenvalue weighted by Gasteiger charge is 2.86. The van der Waals surface area contributed by atoms with Crippen LogP contribution in [0.15, 0.2) is 41.0 Å². The number of benzene rings is 1. The highest BCUT2D eigenvalue weighted by Crippen LogP contribution is 2.71. The predicted molar refractivity (Wildman–Crippen MR) is 238 cm³/mol. The lowest BCUT2D eigenvalue weighted by atomic mass is 9.44. The summed E-state index contributed by atoms with van der Waals surface area (Å²) in [4.78, 5) is 51.9. The lowest BCUT2D eigenvalue weighted by molar-refractivity contribution is -0.216. The summed E-state index contributed by atoms with van der Waals surface area (Å²) in [5, 5.41) is 0. The summed E-state index contributed by atoms with van der Waals surface area (Å²) in [6, 6.07) is -0.444. The van der Waals surface area contributed by atoms with Crippen molar-refractivity contribution in [1.29, 1.82) is 0 Å². The van der Waals surface area contributed by atoms with E-state index in [1.165, 1.54) is 12.7 Å². The van der Waals surface area contributed by atoms with E-state index < -0.39 is 46.3 Å². The Hall–Kier alpha value is -3.81. The van der Waals surface area contributed by atoms with Gasteiger partial charge < -0.3 is 33.3 Å². The fraction of sp³-hybridized carbons (Fsp3) is 0.660. The molecular formula is C50H69N3O9. The lowest BCUT2D eigenvalue weighted by Gasteiger charge is -2.64. The smallest absolute Gasteiger partial charge is 0.333 e. The molecule has 8 aliphatic rings. The summed E-state index contributed by atoms with van der Waals surface area (Å²) in [6.45, 7) is 23.3. The van der Waals surface area contributed by atoms with Crippen LogP contribution in [0.4, 0.5) is 0 Å². The Balaban J connectivity index is 1.36. The van der Waals surface area contributed by atoms with Crippen LogP contribution in [0.2, 0.25) is 0 Å². The van der Waals surface area contributed by atoms with Crippen molar-refractivity contribution >= 4 is 23.6 Å². The fourth-order valence-corrected chi connectivity index (χ4v) is 11.7. The van der Waals surface area contributed by atoms with Gasteiger partial charge in [-0.2, -0.15) is 0 Å². The van der Waals surface area contributed by atoms with Gasteiger partial charge in [-0.05, 0) is 100 Å². The maximum Gasteiger partial charge on any atom is 0.333 e. The number of rotatable bonds is 13. The molecule has 5 heterocycles. The van der Waals surface area contributed by atoms with E-state index in [-0.39, 0.29) is 23.9 Å². The molecule has 6 fully saturated rings. The second-order valence-corrected chi connectivity index (χ2v) is 20.1. The van der Waals surface area contributed by atoms with E-state index in [4.69, 9.17) is 28.4 Å². The van der Waals surface area contributed by atoms with Crippen molar-refractivity contribution in [2.45, 2.75) is 116 Å². The number of methoxy groups -OCH3 is 1. The van der Waals surface area contributed by atoms with Crippen molar-refractivity contribution in [3.05, 3.63) is 57.7 Å². The van der Waals surface area contributed by atoms with Crippen molar-refractivity contribution in [3.63, 3.8) is 0 Å². The maximum atomic E-state index is 16.4. The molecule has 0 amide bonds. The number of hydrogen-bond donors (Lipinski definition) is 0. The Labute approximate surface area is 368 Å². The first kappa shape index (κ1) is 44.8. The minimum atomic E-state index is -1.56. The Morgan fingerprint density at radius 2 is 1.63 bits per heavy atom. The number of esters is 1. The second-order valence-electron chi connectivity index (χ2n) is 20.1. The molecule has 3 saturated heterocycles. The van der Waals surface area contributed by atoms with E-state index in [1.54, 1.807) is 13.0 Å². The number of Topliss-reactive ketones (excluding diaryl/α,β-unsaturated/α-hetero) is 2. The van der Waals surface area contributed by atoms with E-state index in [1.807, 2.05) is 13.8 Å². The molecule has 0 N–H and O–H groups in total. The summed E-state index contributed by atoms with van der Waals surface area (Å²) in [7, 11) is 3.50. The molecule has 4 bridgehead atoms. The quantitative estimate of drug-likeness (QED) is 0.120. The fourth-order valence-electron chi connectivity index (χ4n) is 11.7. The highest BCUT2D eigenvalue weighted by atomic mass is 16.6. The third-order valence-corrected chi connectivity index (χ3v) is 14.9. The molecular weight excluding hydrogens is 787 g/mol.